The van der Waals surface area contributed by atoms with E-state index in [0.717, 1.165) is 0 Å². The number of likely N-dealkylation sites (N-methyl/N-ethyl adjacent to an activating group) is 1. The minimum absolute atomic E-state index is 0.0867. The van der Waals surface area contributed by atoms with Gasteiger partial charge in [-0.15, -0.1) is 0 Å². The van der Waals surface area contributed by atoms with Crippen molar-refractivity contribution < 1.29 is 39.4 Å². The van der Waals surface area contributed by atoms with Gasteiger partial charge in [-0.2, -0.15) is 0 Å². The molecule has 3 rings (SSSR count). The van der Waals surface area contributed by atoms with Gasteiger partial charge in [0.05, 0.1) is 42.5 Å². The Labute approximate surface area is 254 Å². The molecule has 15 heteroatoms. The molecule has 1 aliphatic heterocycles. The number of aliphatic hydroxyl groups excluding tert-OH is 3. The van der Waals surface area contributed by atoms with Crippen molar-refractivity contribution in [3.05, 3.63) is 11.8 Å². The number of ether oxygens (including phenoxy) is 3. The van der Waals surface area contributed by atoms with Gasteiger partial charge in [0.25, 0.3) is 0 Å². The summed E-state index contributed by atoms with van der Waals surface area (Å²) in [4.78, 5) is 12.6. The molecule has 0 bridgehead atoms. The van der Waals surface area contributed by atoms with E-state index in [1.165, 1.54) is 0 Å². The molecule has 15 nitrogen and oxygen atoms in total. The highest BCUT2D eigenvalue weighted by Gasteiger charge is 2.51. The van der Waals surface area contributed by atoms with Gasteiger partial charge in [-0.25, -0.2) is 0 Å². The number of hydrogen-bond donors (Lipinski definition) is 11. The van der Waals surface area contributed by atoms with E-state index in [9.17, 15) is 25.2 Å². The molecule has 2 saturated carbocycles. The molecule has 0 aromatic carbocycles. The number of carbonyl (C=O) groups is 1. The molecule has 0 spiro atoms. The van der Waals surface area contributed by atoms with E-state index in [1.54, 1.807) is 14.0 Å². The van der Waals surface area contributed by atoms with Crippen molar-refractivity contribution in [3.63, 3.8) is 0 Å². The molecule has 250 valence electrons. The summed E-state index contributed by atoms with van der Waals surface area (Å²) in [5.41, 5.74) is 22.8. The molecule has 0 unspecified atom stereocenters. The zero-order valence-corrected chi connectivity index (χ0v) is 25.8. The second-order valence-electron chi connectivity index (χ2n) is 13.2. The third-order valence-electron chi connectivity index (χ3n) is 8.82. The van der Waals surface area contributed by atoms with Crippen molar-refractivity contribution in [2.24, 2.45) is 28.3 Å². The van der Waals surface area contributed by atoms with Crippen molar-refractivity contribution in [1.29, 1.82) is 0 Å². The van der Waals surface area contributed by atoms with Crippen LogP contribution in [0.5, 0.6) is 0 Å². The molecule has 2 fully saturated rings. The van der Waals surface area contributed by atoms with Crippen LogP contribution in [0.15, 0.2) is 11.8 Å². The zero-order chi connectivity index (χ0) is 32.1. The van der Waals surface area contributed by atoms with Gasteiger partial charge in [0.1, 0.15) is 30.2 Å². The van der Waals surface area contributed by atoms with E-state index < -0.39 is 78.6 Å². The number of aliphatic hydroxyl groups is 4. The van der Waals surface area contributed by atoms with E-state index in [0.29, 0.717) is 38.2 Å². The van der Waals surface area contributed by atoms with Crippen molar-refractivity contribution >= 4 is 5.91 Å². The van der Waals surface area contributed by atoms with Gasteiger partial charge in [-0.1, -0.05) is 13.8 Å². The summed E-state index contributed by atoms with van der Waals surface area (Å²) < 4.78 is 18.6. The van der Waals surface area contributed by atoms with Crippen molar-refractivity contribution in [2.75, 3.05) is 33.2 Å². The Balaban J connectivity index is 1.76. The van der Waals surface area contributed by atoms with Crippen LogP contribution in [0.25, 0.3) is 0 Å². The number of nitrogens with two attached hydrogens (primary N) is 4. The van der Waals surface area contributed by atoms with Gasteiger partial charge >= 0.3 is 0 Å². The topological polar surface area (TPSA) is 266 Å². The van der Waals surface area contributed by atoms with Gasteiger partial charge in [0.15, 0.2) is 0 Å². The maximum Gasteiger partial charge on any atom is 0.250 e. The average Bonchev–Trinajstić information content (AvgIpc) is 2.95. The fourth-order valence-electron chi connectivity index (χ4n) is 5.96. The number of carbonyl (C=O) groups excluding carboxylic acids is 1. The minimum atomic E-state index is -1.46. The van der Waals surface area contributed by atoms with Crippen LogP contribution in [-0.4, -0.2) is 132 Å². The van der Waals surface area contributed by atoms with Crippen LogP contribution in [-0.2, 0) is 19.0 Å². The smallest absolute Gasteiger partial charge is 0.250 e. The van der Waals surface area contributed by atoms with Crippen molar-refractivity contribution in [1.82, 2.24) is 16.0 Å². The van der Waals surface area contributed by atoms with Crippen molar-refractivity contribution in [3.8, 4) is 0 Å². The van der Waals surface area contributed by atoms with Crippen LogP contribution in [0.3, 0.4) is 0 Å². The van der Waals surface area contributed by atoms with Gasteiger partial charge in [0, 0.05) is 19.1 Å². The average molecular weight is 618 g/mol. The quantitative estimate of drug-likeness (QED) is 0.0942. The summed E-state index contributed by atoms with van der Waals surface area (Å²) in [7, 11) is 1.63. The van der Waals surface area contributed by atoms with Gasteiger partial charge in [-0.3, -0.25) is 4.79 Å². The maximum absolute atomic E-state index is 12.6. The Kier molecular flexibility index (Phi) is 12.7. The van der Waals surface area contributed by atoms with E-state index >= 15 is 0 Å². The molecular formula is C28H55N7O8. The lowest BCUT2D eigenvalue weighted by Gasteiger charge is -2.49. The van der Waals surface area contributed by atoms with E-state index in [1.807, 2.05) is 6.08 Å². The lowest BCUT2D eigenvalue weighted by atomic mass is 9.77. The Morgan fingerprint density at radius 2 is 1.88 bits per heavy atom. The van der Waals surface area contributed by atoms with Crippen LogP contribution in [0.4, 0.5) is 0 Å². The summed E-state index contributed by atoms with van der Waals surface area (Å²) in [6.45, 7) is 7.09. The highest BCUT2D eigenvalue weighted by molar-refractivity contribution is 5.81. The van der Waals surface area contributed by atoms with Crippen LogP contribution >= 0.6 is 0 Å². The SMILES string of the molecule is CN[C@@H]1[C@@H](O)[C@@H](O[C@@H]2[C@@H](O)[C@H](O[C@H]3OC(CNCC(C)(C)CN)=CC[C@H]3N)[C@@H](N)C[C@H]2NC(=O)[C@@H](O)CN)CC[C@]1(C)O. The Morgan fingerprint density at radius 3 is 2.51 bits per heavy atom. The summed E-state index contributed by atoms with van der Waals surface area (Å²) in [6, 6.07) is -2.84. The second-order valence-corrected chi connectivity index (χ2v) is 13.2. The Morgan fingerprint density at radius 1 is 1.19 bits per heavy atom. The Bertz CT molecular complexity index is 941. The Hall–Kier alpha value is -1.47. The van der Waals surface area contributed by atoms with Gasteiger partial charge in [-0.05, 0) is 57.7 Å². The van der Waals surface area contributed by atoms with Crippen molar-refractivity contribution in [2.45, 2.75) is 119 Å². The van der Waals surface area contributed by atoms with E-state index in [4.69, 9.17) is 37.1 Å². The first kappa shape index (κ1) is 36.0. The van der Waals surface area contributed by atoms with Crippen LogP contribution in [0.2, 0.25) is 0 Å². The zero-order valence-electron chi connectivity index (χ0n) is 25.8. The van der Waals surface area contributed by atoms with Crippen LogP contribution < -0.4 is 38.9 Å². The first-order valence-electron chi connectivity index (χ1n) is 15.2. The number of rotatable bonds is 13. The standard InChI is InChI=1S/C28H55N7O8/c1-27(2,12-30)13-34-11-14-5-6-15(31)26(41-14)43-22-16(32)9-17(35-25(39)18(36)10-29)23(21(22)38)42-19-7-8-28(3,40)24(33-4)20(19)37/h5,15-24,26,33-34,36-38,40H,6-13,29-32H2,1-4H3,(H,35,39)/t15-,16+,17-,18+,19+,20+,21+,22-,23+,24-,26-,28+/m1/s1. The summed E-state index contributed by atoms with van der Waals surface area (Å²) >= 11 is 0. The molecule has 1 amide bonds. The minimum Gasteiger partial charge on any atom is -0.467 e. The fraction of sp³-hybridized carbons (Fsp3) is 0.893. The highest BCUT2D eigenvalue weighted by Crippen LogP contribution is 2.34. The predicted octanol–water partition coefficient (Wildman–Crippen LogP) is -3.95. The van der Waals surface area contributed by atoms with E-state index in [-0.39, 0.29) is 24.8 Å². The summed E-state index contributed by atoms with van der Waals surface area (Å²) in [5.74, 6) is -0.0968. The predicted molar refractivity (Wildman–Crippen MR) is 159 cm³/mol. The molecule has 0 aromatic heterocycles. The molecule has 0 saturated heterocycles. The molecule has 1 heterocycles. The molecule has 3 aliphatic rings. The third-order valence-corrected chi connectivity index (χ3v) is 8.82. The summed E-state index contributed by atoms with van der Waals surface area (Å²) in [5, 5.41) is 52.4. The lowest BCUT2D eigenvalue weighted by molar-refractivity contribution is -0.240. The number of hydrogen-bond acceptors (Lipinski definition) is 14. The van der Waals surface area contributed by atoms with Gasteiger partial charge < -0.3 is 73.5 Å². The van der Waals surface area contributed by atoms with E-state index in [2.05, 4.69) is 29.8 Å². The number of nitrogens with one attached hydrogen (secondary N) is 3. The van der Waals surface area contributed by atoms with Crippen LogP contribution in [0.1, 0.15) is 46.5 Å². The third kappa shape index (κ3) is 9.05. The summed E-state index contributed by atoms with van der Waals surface area (Å²) in [6.07, 6.45) is -4.66. The first-order valence-corrected chi connectivity index (χ1v) is 15.2. The molecule has 2 aliphatic carbocycles. The normalized spacial score (nSPS) is 39.5. The molecule has 0 aromatic rings. The molecular weight excluding hydrogens is 562 g/mol. The molecule has 12 atom stereocenters. The van der Waals surface area contributed by atoms with Gasteiger partial charge in [0.2, 0.25) is 12.2 Å². The largest absolute Gasteiger partial charge is 0.467 e. The maximum atomic E-state index is 12.6. The second kappa shape index (κ2) is 15.2. The lowest BCUT2D eigenvalue weighted by Crippen LogP contribution is -2.68. The highest BCUT2D eigenvalue weighted by atomic mass is 16.7. The number of amides is 1. The van der Waals surface area contributed by atoms with Crippen LogP contribution in [0, 0.1) is 5.41 Å². The fourth-order valence-corrected chi connectivity index (χ4v) is 5.96. The molecule has 15 N–H and O–H groups in total. The first-order chi connectivity index (χ1) is 20.1. The molecule has 0 radical (unpaired) electrons. The monoisotopic (exact) mass is 617 g/mol. The molecule has 43 heavy (non-hydrogen) atoms.